The molecule has 0 spiro atoms. The van der Waals surface area contributed by atoms with Crippen molar-refractivity contribution >= 4 is 28.3 Å². The molecule has 2 aromatic rings. The fraction of sp³-hybridized carbons (Fsp3) is 0.421. The van der Waals surface area contributed by atoms with E-state index in [-0.39, 0.29) is 17.5 Å². The third-order valence-electron chi connectivity index (χ3n) is 5.99. The molecule has 3 aliphatic carbocycles. The summed E-state index contributed by atoms with van der Waals surface area (Å²) in [5, 5.41) is 2.68. The zero-order valence-electron chi connectivity index (χ0n) is 12.3. The van der Waals surface area contributed by atoms with Gasteiger partial charge in [-0.1, -0.05) is 36.4 Å². The summed E-state index contributed by atoms with van der Waals surface area (Å²) in [5.41, 5.74) is 2.89. The first-order valence-electron chi connectivity index (χ1n) is 7.99. The lowest BCUT2D eigenvalue weighted by Gasteiger charge is -2.35. The molecule has 5 rings (SSSR count). The van der Waals surface area contributed by atoms with Gasteiger partial charge in [0, 0.05) is 12.8 Å². The summed E-state index contributed by atoms with van der Waals surface area (Å²) in [4.78, 5) is 11.4. The Balaban J connectivity index is 1.67. The van der Waals surface area contributed by atoms with E-state index in [4.69, 9.17) is 16.3 Å². The lowest BCUT2D eigenvalue weighted by atomic mass is 9.76. The molecule has 0 radical (unpaired) electrons. The average Bonchev–Trinajstić information content (AvgIpc) is 3.12. The molecule has 0 aliphatic heterocycles. The van der Waals surface area contributed by atoms with Gasteiger partial charge in [0.2, 0.25) is 0 Å². The van der Waals surface area contributed by atoms with Gasteiger partial charge in [-0.05, 0) is 46.1 Å². The molecule has 3 aliphatic rings. The van der Waals surface area contributed by atoms with Crippen LogP contribution in [0.25, 0.3) is 10.8 Å². The number of hydrogen-bond donors (Lipinski definition) is 0. The molecule has 0 saturated heterocycles. The molecule has 2 bridgehead atoms. The van der Waals surface area contributed by atoms with Crippen molar-refractivity contribution in [2.75, 3.05) is 0 Å². The van der Waals surface area contributed by atoms with Crippen molar-refractivity contribution in [2.24, 2.45) is 11.8 Å². The van der Waals surface area contributed by atoms with Crippen LogP contribution in [0.1, 0.15) is 36.3 Å². The zero-order chi connectivity index (χ0) is 15.0. The Labute approximate surface area is 134 Å². The molecule has 2 aromatic carbocycles. The van der Waals surface area contributed by atoms with Gasteiger partial charge >= 0.3 is 5.97 Å². The molecule has 2 fully saturated rings. The molecular formula is C19H17ClO2. The summed E-state index contributed by atoms with van der Waals surface area (Å²) in [7, 11) is 0. The van der Waals surface area contributed by atoms with Gasteiger partial charge < -0.3 is 4.74 Å². The maximum Gasteiger partial charge on any atom is 0.302 e. The molecule has 2 saturated carbocycles. The van der Waals surface area contributed by atoms with Crippen LogP contribution < -0.4 is 0 Å². The normalized spacial score (nSPS) is 37.5. The minimum atomic E-state index is -0.214. The Morgan fingerprint density at radius 2 is 1.73 bits per heavy atom. The first-order valence-corrected chi connectivity index (χ1v) is 8.43. The number of esters is 1. The molecule has 3 heteroatoms. The monoisotopic (exact) mass is 312 g/mol. The van der Waals surface area contributed by atoms with E-state index in [1.165, 1.54) is 28.8 Å². The van der Waals surface area contributed by atoms with Gasteiger partial charge in [0.15, 0.2) is 0 Å². The molecule has 6 atom stereocenters. The summed E-state index contributed by atoms with van der Waals surface area (Å²) < 4.78 is 5.59. The standard InChI is InChI=1S/C19H17ClO2/c1-9(21)22-19-14-8-13(18(19)20)16-11-6-2-4-10-5-3-7-12(15(10)11)17(14)16/h2-7,13-14,16-19H,8H2,1H3/t13-,14+,16-,17+,18-,19+/m0/s1. The second kappa shape index (κ2) is 4.26. The highest BCUT2D eigenvalue weighted by molar-refractivity contribution is 6.21. The summed E-state index contributed by atoms with van der Waals surface area (Å²) in [6, 6.07) is 13.2. The Morgan fingerprint density at radius 3 is 2.36 bits per heavy atom. The van der Waals surface area contributed by atoms with E-state index in [1.807, 2.05) is 0 Å². The second-order valence-electron chi connectivity index (χ2n) is 6.93. The Hall–Kier alpha value is -1.54. The molecular weight excluding hydrogens is 296 g/mol. The molecule has 112 valence electrons. The van der Waals surface area contributed by atoms with Gasteiger partial charge in [-0.15, -0.1) is 11.6 Å². The number of carbonyl (C=O) groups is 1. The summed E-state index contributed by atoms with van der Waals surface area (Å²) >= 11 is 6.69. The largest absolute Gasteiger partial charge is 0.461 e. The first kappa shape index (κ1) is 13.0. The number of halogens is 1. The SMILES string of the molecule is CC(=O)O[C@H]1[C@@H](Cl)[C@H]2C[C@@H]1[C@H]1c3cccc4cccc(c34)[C@@H]21. The van der Waals surface area contributed by atoms with E-state index in [9.17, 15) is 4.79 Å². The summed E-state index contributed by atoms with van der Waals surface area (Å²) in [5.74, 6) is 1.53. The van der Waals surface area contributed by atoms with Crippen LogP contribution in [0.5, 0.6) is 0 Å². The van der Waals surface area contributed by atoms with Crippen molar-refractivity contribution in [2.45, 2.75) is 36.7 Å². The topological polar surface area (TPSA) is 26.3 Å². The number of benzene rings is 2. The Kier molecular flexibility index (Phi) is 2.51. The molecule has 2 nitrogen and oxygen atoms in total. The summed E-state index contributed by atoms with van der Waals surface area (Å²) in [6.45, 7) is 1.48. The van der Waals surface area contributed by atoms with E-state index >= 15 is 0 Å². The number of hydrogen-bond acceptors (Lipinski definition) is 2. The van der Waals surface area contributed by atoms with Crippen molar-refractivity contribution in [1.82, 2.24) is 0 Å². The molecule has 0 unspecified atom stereocenters. The smallest absolute Gasteiger partial charge is 0.302 e. The van der Waals surface area contributed by atoms with E-state index in [2.05, 4.69) is 36.4 Å². The van der Waals surface area contributed by atoms with E-state index in [0.717, 1.165) is 6.42 Å². The van der Waals surface area contributed by atoms with Crippen LogP contribution in [-0.2, 0) is 9.53 Å². The first-order chi connectivity index (χ1) is 10.7. The molecule has 0 amide bonds. The van der Waals surface area contributed by atoms with E-state index in [0.29, 0.717) is 23.7 Å². The number of carbonyl (C=O) groups excluding carboxylic acids is 1. The lowest BCUT2D eigenvalue weighted by Crippen LogP contribution is -2.38. The number of ether oxygens (including phenoxy) is 1. The van der Waals surface area contributed by atoms with Gasteiger partial charge in [0.25, 0.3) is 0 Å². The summed E-state index contributed by atoms with van der Waals surface area (Å²) in [6.07, 6.45) is 0.946. The highest BCUT2D eigenvalue weighted by atomic mass is 35.5. The molecule has 0 heterocycles. The van der Waals surface area contributed by atoms with Crippen LogP contribution in [0.3, 0.4) is 0 Å². The minimum absolute atomic E-state index is 0.0558. The highest BCUT2D eigenvalue weighted by Gasteiger charge is 2.61. The fourth-order valence-corrected chi connectivity index (χ4v) is 5.93. The zero-order valence-corrected chi connectivity index (χ0v) is 13.1. The van der Waals surface area contributed by atoms with Gasteiger partial charge in [-0.3, -0.25) is 4.79 Å². The Morgan fingerprint density at radius 1 is 1.09 bits per heavy atom. The van der Waals surface area contributed by atoms with E-state index < -0.39 is 0 Å². The maximum absolute atomic E-state index is 11.4. The lowest BCUT2D eigenvalue weighted by molar-refractivity contribution is -0.149. The van der Waals surface area contributed by atoms with Crippen molar-refractivity contribution in [1.29, 1.82) is 0 Å². The van der Waals surface area contributed by atoms with Gasteiger partial charge in [0.05, 0.1) is 5.38 Å². The molecule has 22 heavy (non-hydrogen) atoms. The minimum Gasteiger partial charge on any atom is -0.461 e. The quantitative estimate of drug-likeness (QED) is 0.582. The molecule has 0 N–H and O–H groups in total. The van der Waals surface area contributed by atoms with Gasteiger partial charge in [-0.25, -0.2) is 0 Å². The maximum atomic E-state index is 11.4. The van der Waals surface area contributed by atoms with Crippen molar-refractivity contribution in [3.8, 4) is 0 Å². The predicted molar refractivity (Wildman–Crippen MR) is 86.2 cm³/mol. The number of alkyl halides is 1. The average molecular weight is 313 g/mol. The second-order valence-corrected chi connectivity index (χ2v) is 7.43. The Bertz CT molecular complexity index is 794. The number of rotatable bonds is 1. The predicted octanol–water partition coefficient (Wildman–Crippen LogP) is 4.21. The van der Waals surface area contributed by atoms with Crippen LogP contribution >= 0.6 is 11.6 Å². The van der Waals surface area contributed by atoms with Crippen LogP contribution in [-0.4, -0.2) is 17.5 Å². The van der Waals surface area contributed by atoms with Crippen molar-refractivity contribution < 1.29 is 9.53 Å². The van der Waals surface area contributed by atoms with Crippen LogP contribution in [0.2, 0.25) is 0 Å². The van der Waals surface area contributed by atoms with Crippen LogP contribution in [0, 0.1) is 11.8 Å². The third-order valence-corrected chi connectivity index (χ3v) is 6.56. The molecule has 0 aromatic heterocycles. The highest BCUT2D eigenvalue weighted by Crippen LogP contribution is 2.67. The van der Waals surface area contributed by atoms with Crippen molar-refractivity contribution in [3.63, 3.8) is 0 Å². The third kappa shape index (κ3) is 1.44. The van der Waals surface area contributed by atoms with Gasteiger partial charge in [-0.2, -0.15) is 0 Å². The number of fused-ring (bicyclic) bond motifs is 7. The fourth-order valence-electron chi connectivity index (χ4n) is 5.43. The van der Waals surface area contributed by atoms with Crippen molar-refractivity contribution in [3.05, 3.63) is 47.5 Å². The van der Waals surface area contributed by atoms with Crippen LogP contribution in [0.15, 0.2) is 36.4 Å². The van der Waals surface area contributed by atoms with Crippen LogP contribution in [0.4, 0.5) is 0 Å². The van der Waals surface area contributed by atoms with Gasteiger partial charge in [0.1, 0.15) is 6.10 Å². The van der Waals surface area contributed by atoms with E-state index in [1.54, 1.807) is 0 Å².